The first-order chi connectivity index (χ1) is 18.3. The van der Waals surface area contributed by atoms with E-state index in [0.29, 0.717) is 4.32 Å². The summed E-state index contributed by atoms with van der Waals surface area (Å²) in [6.45, 7) is 1.86. The van der Waals surface area contributed by atoms with Gasteiger partial charge >= 0.3 is 0 Å². The van der Waals surface area contributed by atoms with E-state index in [1.54, 1.807) is 0 Å². The summed E-state index contributed by atoms with van der Waals surface area (Å²) in [6, 6.07) is 0. The van der Waals surface area contributed by atoms with Gasteiger partial charge in [0.2, 0.25) is 0 Å². The SMILES string of the molecule is NCCCCCCCCCCCCCCCCCCCCCCCCCCCCCCCCNC(=S)S. The highest BCUT2D eigenvalue weighted by molar-refractivity contribution is 8.11. The van der Waals surface area contributed by atoms with Crippen molar-refractivity contribution in [2.24, 2.45) is 5.73 Å². The molecular formula is C33H68N2S2. The van der Waals surface area contributed by atoms with Gasteiger partial charge in [0.05, 0.1) is 0 Å². The molecule has 0 radical (unpaired) electrons. The van der Waals surface area contributed by atoms with Crippen molar-refractivity contribution in [3.8, 4) is 0 Å². The maximum atomic E-state index is 5.54. The quantitative estimate of drug-likeness (QED) is 0.0438. The smallest absolute Gasteiger partial charge is 0.130 e. The fourth-order valence-electron chi connectivity index (χ4n) is 5.41. The standard InChI is InChI=1S/C33H68N2S2/c34-31-29-27-25-23-21-19-17-15-13-11-9-7-5-3-1-2-4-6-8-10-12-14-16-18-20-22-24-26-28-30-32-35-33(36)37/h1-32,34H2,(H2,35,36,37). The molecule has 0 bridgehead atoms. The number of nitrogens with two attached hydrogens (primary N) is 1. The first-order valence-electron chi connectivity index (χ1n) is 16.9. The third-order valence-electron chi connectivity index (χ3n) is 7.91. The van der Waals surface area contributed by atoms with Crippen LogP contribution in [0.25, 0.3) is 0 Å². The van der Waals surface area contributed by atoms with Gasteiger partial charge in [-0.25, -0.2) is 0 Å². The maximum Gasteiger partial charge on any atom is 0.130 e. The fourth-order valence-corrected chi connectivity index (χ4v) is 5.63. The van der Waals surface area contributed by atoms with Crippen LogP contribution in [0.1, 0.15) is 193 Å². The van der Waals surface area contributed by atoms with Crippen LogP contribution in [0.4, 0.5) is 0 Å². The van der Waals surface area contributed by atoms with Gasteiger partial charge in [0.1, 0.15) is 4.32 Å². The second-order valence-electron chi connectivity index (χ2n) is 11.6. The lowest BCUT2D eigenvalue weighted by atomic mass is 10.0. The van der Waals surface area contributed by atoms with E-state index in [4.69, 9.17) is 18.0 Å². The van der Waals surface area contributed by atoms with Gasteiger partial charge in [-0.2, -0.15) is 0 Å². The molecular weight excluding hydrogens is 489 g/mol. The summed E-state index contributed by atoms with van der Waals surface area (Å²) in [6.07, 6.45) is 42.9. The zero-order valence-electron chi connectivity index (χ0n) is 25.1. The molecule has 0 heterocycles. The van der Waals surface area contributed by atoms with Crippen molar-refractivity contribution in [3.63, 3.8) is 0 Å². The van der Waals surface area contributed by atoms with Crippen molar-refractivity contribution in [1.29, 1.82) is 0 Å². The minimum Gasteiger partial charge on any atom is -0.371 e. The van der Waals surface area contributed by atoms with E-state index in [0.717, 1.165) is 13.1 Å². The summed E-state index contributed by atoms with van der Waals surface area (Å²) in [5.74, 6) is 0. The molecule has 0 aliphatic carbocycles. The van der Waals surface area contributed by atoms with Crippen LogP contribution in [0.2, 0.25) is 0 Å². The molecule has 0 aliphatic rings. The molecule has 0 fully saturated rings. The molecule has 0 atom stereocenters. The van der Waals surface area contributed by atoms with E-state index in [2.05, 4.69) is 17.9 Å². The van der Waals surface area contributed by atoms with Crippen LogP contribution in [0.5, 0.6) is 0 Å². The van der Waals surface area contributed by atoms with Gasteiger partial charge in [0.25, 0.3) is 0 Å². The first-order valence-corrected chi connectivity index (χ1v) is 17.8. The Labute approximate surface area is 245 Å². The van der Waals surface area contributed by atoms with Gasteiger partial charge in [-0.1, -0.05) is 192 Å². The topological polar surface area (TPSA) is 38.0 Å². The third-order valence-corrected chi connectivity index (χ3v) is 8.21. The number of nitrogens with one attached hydrogen (secondary N) is 1. The highest BCUT2D eigenvalue weighted by Crippen LogP contribution is 2.16. The number of thiocarbonyl (C=S) groups is 1. The van der Waals surface area contributed by atoms with E-state index in [1.807, 2.05) is 0 Å². The highest BCUT2D eigenvalue weighted by atomic mass is 32.1. The molecule has 3 N–H and O–H groups in total. The van der Waals surface area contributed by atoms with Gasteiger partial charge in [0, 0.05) is 6.54 Å². The van der Waals surface area contributed by atoms with Crippen LogP contribution in [-0.4, -0.2) is 17.4 Å². The van der Waals surface area contributed by atoms with E-state index < -0.39 is 0 Å². The van der Waals surface area contributed by atoms with Crippen LogP contribution in [-0.2, 0) is 0 Å². The van der Waals surface area contributed by atoms with Crippen molar-refractivity contribution in [3.05, 3.63) is 0 Å². The number of hydrogen-bond acceptors (Lipinski definition) is 2. The highest BCUT2D eigenvalue weighted by Gasteiger charge is 1.97. The van der Waals surface area contributed by atoms with Crippen molar-refractivity contribution in [2.75, 3.05) is 13.1 Å². The molecule has 0 rings (SSSR count). The second kappa shape index (κ2) is 34.2. The molecule has 0 unspecified atom stereocenters. The maximum absolute atomic E-state index is 5.54. The van der Waals surface area contributed by atoms with Gasteiger partial charge in [0.15, 0.2) is 0 Å². The first kappa shape index (κ1) is 37.2. The summed E-state index contributed by atoms with van der Waals surface area (Å²) in [4.78, 5) is 0. The van der Waals surface area contributed by atoms with Crippen molar-refractivity contribution >= 4 is 29.2 Å². The van der Waals surface area contributed by atoms with Crippen molar-refractivity contribution in [1.82, 2.24) is 5.32 Å². The largest absolute Gasteiger partial charge is 0.371 e. The Morgan fingerprint density at radius 3 is 0.757 bits per heavy atom. The van der Waals surface area contributed by atoms with Crippen LogP contribution in [0.15, 0.2) is 0 Å². The molecule has 222 valence electrons. The zero-order valence-corrected chi connectivity index (χ0v) is 26.8. The normalized spacial score (nSPS) is 11.3. The summed E-state index contributed by atoms with van der Waals surface area (Å²) >= 11 is 8.98. The Morgan fingerprint density at radius 2 is 0.568 bits per heavy atom. The number of thiol groups is 1. The van der Waals surface area contributed by atoms with Crippen LogP contribution < -0.4 is 11.1 Å². The average Bonchev–Trinajstić information content (AvgIpc) is 2.89. The van der Waals surface area contributed by atoms with E-state index in [-0.39, 0.29) is 0 Å². The Kier molecular flexibility index (Phi) is 34.4. The molecule has 4 heteroatoms. The third kappa shape index (κ3) is 36.2. The van der Waals surface area contributed by atoms with Crippen molar-refractivity contribution < 1.29 is 0 Å². The molecule has 2 nitrogen and oxygen atoms in total. The summed E-state index contributed by atoms with van der Waals surface area (Å²) in [5, 5.41) is 3.11. The van der Waals surface area contributed by atoms with E-state index in [1.165, 1.54) is 193 Å². The lowest BCUT2D eigenvalue weighted by Crippen LogP contribution is -2.17. The fraction of sp³-hybridized carbons (Fsp3) is 0.970. The summed E-state index contributed by atoms with van der Waals surface area (Å²) in [7, 11) is 0. The van der Waals surface area contributed by atoms with Gasteiger partial charge in [-0.3, -0.25) is 0 Å². The lowest BCUT2D eigenvalue weighted by Gasteiger charge is -2.05. The molecule has 0 amide bonds. The van der Waals surface area contributed by atoms with Gasteiger partial charge in [-0.05, 0) is 19.4 Å². The predicted molar refractivity (Wildman–Crippen MR) is 177 cm³/mol. The van der Waals surface area contributed by atoms with Gasteiger partial charge < -0.3 is 11.1 Å². The summed E-state index contributed by atoms with van der Waals surface area (Å²) in [5.41, 5.74) is 5.54. The molecule has 37 heavy (non-hydrogen) atoms. The lowest BCUT2D eigenvalue weighted by molar-refractivity contribution is 0.512. The Bertz CT molecular complexity index is 431. The summed E-state index contributed by atoms with van der Waals surface area (Å²) < 4.78 is 0.629. The van der Waals surface area contributed by atoms with E-state index >= 15 is 0 Å². The van der Waals surface area contributed by atoms with E-state index in [9.17, 15) is 0 Å². The monoisotopic (exact) mass is 556 g/mol. The Hall–Kier alpha value is 0.200. The molecule has 0 aromatic rings. The number of unbranched alkanes of at least 4 members (excludes halogenated alkanes) is 29. The number of hydrogen-bond donors (Lipinski definition) is 3. The average molecular weight is 557 g/mol. The predicted octanol–water partition coefficient (Wildman–Crippen LogP) is 11.5. The van der Waals surface area contributed by atoms with Gasteiger partial charge in [-0.15, -0.1) is 12.6 Å². The Balaban J connectivity index is 3.02. The molecule has 0 aliphatic heterocycles. The Morgan fingerprint density at radius 1 is 0.378 bits per heavy atom. The number of rotatable bonds is 32. The molecule has 0 spiro atoms. The molecule has 0 saturated heterocycles. The molecule has 0 aromatic heterocycles. The van der Waals surface area contributed by atoms with Crippen LogP contribution in [0.3, 0.4) is 0 Å². The van der Waals surface area contributed by atoms with Crippen molar-refractivity contribution in [2.45, 2.75) is 193 Å². The zero-order chi connectivity index (χ0) is 26.9. The second-order valence-corrected chi connectivity index (χ2v) is 12.8. The minimum absolute atomic E-state index is 0.629. The molecule has 0 saturated carbocycles. The van der Waals surface area contributed by atoms with Crippen LogP contribution in [0, 0.1) is 0 Å². The van der Waals surface area contributed by atoms with Crippen LogP contribution >= 0.6 is 24.8 Å². The minimum atomic E-state index is 0.629. The molecule has 0 aromatic carbocycles.